The Balaban J connectivity index is 1.42. The number of carbonyl (C=O) groups excluding carboxylic acids is 3. The predicted octanol–water partition coefficient (Wildman–Crippen LogP) is 1.51. The van der Waals surface area contributed by atoms with Crippen LogP contribution in [-0.4, -0.2) is 55.3 Å². The number of primary amides is 1. The largest absolute Gasteiger partial charge is 0.369 e. The van der Waals surface area contributed by atoms with E-state index in [9.17, 15) is 14.4 Å². The lowest BCUT2D eigenvalue weighted by molar-refractivity contribution is -0.132. The van der Waals surface area contributed by atoms with Gasteiger partial charge in [-0.1, -0.05) is 22.0 Å². The molecular weight excluding hydrogens is 424 g/mol. The van der Waals surface area contributed by atoms with Crippen LogP contribution in [0.2, 0.25) is 0 Å². The molecule has 0 aromatic heterocycles. The van der Waals surface area contributed by atoms with Crippen LogP contribution in [0, 0.1) is 11.8 Å². The molecule has 0 bridgehead atoms. The molecule has 7 nitrogen and oxygen atoms in total. The van der Waals surface area contributed by atoms with Crippen molar-refractivity contribution in [3.05, 3.63) is 28.7 Å². The van der Waals surface area contributed by atoms with Gasteiger partial charge in [0.05, 0.1) is 5.92 Å². The summed E-state index contributed by atoms with van der Waals surface area (Å²) >= 11 is 3.41. The number of halogens is 1. The van der Waals surface area contributed by atoms with Crippen molar-refractivity contribution < 1.29 is 14.4 Å². The van der Waals surface area contributed by atoms with E-state index in [1.54, 1.807) is 4.90 Å². The Kier molecular flexibility index (Phi) is 7.07. The molecule has 0 saturated carbocycles. The maximum Gasteiger partial charge on any atom is 0.239 e. The average Bonchev–Trinajstić information content (AvgIpc) is 3.07. The quantitative estimate of drug-likeness (QED) is 0.485. The Morgan fingerprint density at radius 2 is 2.07 bits per heavy atom. The van der Waals surface area contributed by atoms with Crippen LogP contribution < -0.4 is 16.0 Å². The molecule has 1 aromatic carbocycles. The number of amides is 3. The van der Waals surface area contributed by atoms with Crippen molar-refractivity contribution in [3.63, 3.8) is 0 Å². The highest BCUT2D eigenvalue weighted by atomic mass is 79.9. The molecule has 0 spiro atoms. The first-order chi connectivity index (χ1) is 13.5. The van der Waals surface area contributed by atoms with Crippen LogP contribution >= 0.6 is 15.9 Å². The molecule has 0 radical (unpaired) electrons. The van der Waals surface area contributed by atoms with Gasteiger partial charge in [-0.2, -0.15) is 0 Å². The fourth-order valence-corrected chi connectivity index (χ4v) is 4.34. The Labute approximate surface area is 173 Å². The summed E-state index contributed by atoms with van der Waals surface area (Å²) in [6, 6.07) is 7.54. The van der Waals surface area contributed by atoms with Gasteiger partial charge in [-0.3, -0.25) is 14.4 Å². The molecular formula is C20H27BrN4O3. The van der Waals surface area contributed by atoms with Gasteiger partial charge >= 0.3 is 0 Å². The highest BCUT2D eigenvalue weighted by Gasteiger charge is 2.37. The smallest absolute Gasteiger partial charge is 0.239 e. The zero-order chi connectivity index (χ0) is 20.1. The maximum atomic E-state index is 12.6. The summed E-state index contributed by atoms with van der Waals surface area (Å²) in [5.41, 5.74) is 6.22. The van der Waals surface area contributed by atoms with E-state index >= 15 is 0 Å². The third-order valence-electron chi connectivity index (χ3n) is 5.50. The Bertz CT molecular complexity index is 742. The molecule has 3 amide bonds. The molecule has 0 aliphatic carbocycles. The number of nitrogens with two attached hydrogens (primary N) is 1. The van der Waals surface area contributed by atoms with Gasteiger partial charge in [-0.25, -0.2) is 0 Å². The van der Waals surface area contributed by atoms with Crippen LogP contribution in [0.1, 0.15) is 25.7 Å². The molecule has 8 heteroatoms. The summed E-state index contributed by atoms with van der Waals surface area (Å²) in [6.45, 7) is 3.55. The van der Waals surface area contributed by atoms with Crippen molar-refractivity contribution in [1.29, 1.82) is 0 Å². The van der Waals surface area contributed by atoms with E-state index in [1.807, 2.05) is 24.3 Å². The van der Waals surface area contributed by atoms with Crippen LogP contribution in [0.3, 0.4) is 0 Å². The van der Waals surface area contributed by atoms with Crippen molar-refractivity contribution in [2.24, 2.45) is 17.6 Å². The molecule has 2 unspecified atom stereocenters. The van der Waals surface area contributed by atoms with E-state index in [0.29, 0.717) is 26.1 Å². The second-order valence-corrected chi connectivity index (χ2v) is 8.41. The van der Waals surface area contributed by atoms with Gasteiger partial charge in [-0.15, -0.1) is 0 Å². The number of likely N-dealkylation sites (tertiary alicyclic amines) is 1. The van der Waals surface area contributed by atoms with Gasteiger partial charge in [-0.05, 0) is 57.0 Å². The lowest BCUT2D eigenvalue weighted by Crippen LogP contribution is -2.42. The first-order valence-electron chi connectivity index (χ1n) is 9.82. The summed E-state index contributed by atoms with van der Waals surface area (Å²) in [5.74, 6) is -1.25. The number of anilines is 1. The maximum absolute atomic E-state index is 12.6. The van der Waals surface area contributed by atoms with Crippen LogP contribution in [0.4, 0.5) is 5.69 Å². The highest BCUT2D eigenvalue weighted by molar-refractivity contribution is 9.10. The van der Waals surface area contributed by atoms with E-state index in [0.717, 1.165) is 42.5 Å². The van der Waals surface area contributed by atoms with Gasteiger partial charge in [0, 0.05) is 29.8 Å². The van der Waals surface area contributed by atoms with Gasteiger partial charge in [0.2, 0.25) is 17.7 Å². The van der Waals surface area contributed by atoms with E-state index in [1.165, 1.54) is 0 Å². The number of hydrogen-bond donors (Lipinski definition) is 2. The number of hydrogen-bond acceptors (Lipinski definition) is 4. The van der Waals surface area contributed by atoms with Gasteiger partial charge in [0.15, 0.2) is 0 Å². The minimum absolute atomic E-state index is 0.0662. The molecule has 28 heavy (non-hydrogen) atoms. The molecule has 2 aliphatic heterocycles. The van der Waals surface area contributed by atoms with Crippen molar-refractivity contribution in [2.45, 2.75) is 25.7 Å². The summed E-state index contributed by atoms with van der Waals surface area (Å²) in [7, 11) is 0. The molecule has 152 valence electrons. The number of piperidine rings is 1. The number of rotatable bonds is 7. The van der Waals surface area contributed by atoms with Crippen molar-refractivity contribution in [3.8, 4) is 0 Å². The summed E-state index contributed by atoms with van der Waals surface area (Å²) in [5, 5.41) is 2.90. The highest BCUT2D eigenvalue weighted by Crippen LogP contribution is 2.27. The fraction of sp³-hybridized carbons (Fsp3) is 0.550. The number of nitrogens with zero attached hydrogens (tertiary/aromatic N) is 2. The van der Waals surface area contributed by atoms with Crippen LogP contribution in [0.5, 0.6) is 0 Å². The molecule has 1 aromatic rings. The molecule has 2 fully saturated rings. The Morgan fingerprint density at radius 1 is 1.25 bits per heavy atom. The molecule has 3 rings (SSSR count). The predicted molar refractivity (Wildman–Crippen MR) is 111 cm³/mol. The van der Waals surface area contributed by atoms with E-state index in [2.05, 4.69) is 26.1 Å². The standard InChI is InChI=1S/C20H27BrN4O3/c21-15-5-1-6-16(12-15)25-11-7-17(20(25)28)19(27)23-8-3-10-24-9-2-4-14(13-24)18(22)26/h1,5-6,12,14,17H,2-4,7-11,13H2,(H2,22,26)(H,23,27). The Hall–Kier alpha value is -1.93. The molecule has 3 N–H and O–H groups in total. The SMILES string of the molecule is NC(=O)C1CCCN(CCCNC(=O)C2CCN(c3cccc(Br)c3)C2=O)C1. The minimum Gasteiger partial charge on any atom is -0.369 e. The number of benzene rings is 1. The summed E-state index contributed by atoms with van der Waals surface area (Å²) in [6.07, 6.45) is 3.15. The van der Waals surface area contributed by atoms with E-state index < -0.39 is 5.92 Å². The molecule has 2 aliphatic rings. The second kappa shape index (κ2) is 9.52. The van der Waals surface area contributed by atoms with Gasteiger partial charge in [0.1, 0.15) is 5.92 Å². The van der Waals surface area contributed by atoms with Crippen LogP contribution in [0.15, 0.2) is 28.7 Å². The number of carbonyl (C=O) groups is 3. The normalized spacial score (nSPS) is 23.0. The van der Waals surface area contributed by atoms with Crippen LogP contribution in [0.25, 0.3) is 0 Å². The topological polar surface area (TPSA) is 95.7 Å². The van der Waals surface area contributed by atoms with Gasteiger partial charge < -0.3 is 20.9 Å². The second-order valence-electron chi connectivity index (χ2n) is 7.50. The van der Waals surface area contributed by atoms with Gasteiger partial charge in [0.25, 0.3) is 0 Å². The fourth-order valence-electron chi connectivity index (χ4n) is 3.95. The van der Waals surface area contributed by atoms with Crippen molar-refractivity contribution in [1.82, 2.24) is 10.2 Å². The van der Waals surface area contributed by atoms with E-state index in [-0.39, 0.29) is 23.6 Å². The zero-order valence-corrected chi connectivity index (χ0v) is 17.5. The summed E-state index contributed by atoms with van der Waals surface area (Å²) < 4.78 is 0.905. The third kappa shape index (κ3) is 5.11. The lowest BCUT2D eigenvalue weighted by Gasteiger charge is -2.31. The average molecular weight is 451 g/mol. The van der Waals surface area contributed by atoms with Crippen molar-refractivity contribution >= 4 is 39.3 Å². The Morgan fingerprint density at radius 3 is 2.82 bits per heavy atom. The third-order valence-corrected chi connectivity index (χ3v) is 5.99. The monoisotopic (exact) mass is 450 g/mol. The molecule has 2 saturated heterocycles. The molecule has 2 atom stereocenters. The van der Waals surface area contributed by atoms with Crippen LogP contribution in [-0.2, 0) is 14.4 Å². The van der Waals surface area contributed by atoms with Crippen molar-refractivity contribution in [2.75, 3.05) is 37.6 Å². The lowest BCUT2D eigenvalue weighted by atomic mass is 9.97. The molecule has 2 heterocycles. The zero-order valence-electron chi connectivity index (χ0n) is 15.9. The number of nitrogens with one attached hydrogen (secondary N) is 1. The first kappa shape index (κ1) is 20.8. The minimum atomic E-state index is -0.617. The summed E-state index contributed by atoms with van der Waals surface area (Å²) in [4.78, 5) is 40.3. The first-order valence-corrected chi connectivity index (χ1v) is 10.6. The van der Waals surface area contributed by atoms with E-state index in [4.69, 9.17) is 5.73 Å².